The number of anilines is 1. The maximum Gasteiger partial charge on any atom is 0.419 e. The number of hydrogen-bond acceptors (Lipinski definition) is 4. The summed E-state index contributed by atoms with van der Waals surface area (Å²) in [5, 5.41) is 0.0128. The molecule has 0 aliphatic carbocycles. The predicted molar refractivity (Wildman–Crippen MR) is 97.9 cm³/mol. The van der Waals surface area contributed by atoms with Gasteiger partial charge in [0.15, 0.2) is 5.58 Å². The Bertz CT molecular complexity index is 1140. The van der Waals surface area contributed by atoms with Crippen molar-refractivity contribution < 1.29 is 12.8 Å². The molecule has 3 rings (SSSR count). The first kappa shape index (κ1) is 17.6. The van der Waals surface area contributed by atoms with Crippen molar-refractivity contribution >= 4 is 38.4 Å². The minimum atomic E-state index is -3.95. The molecule has 2 aromatic carbocycles. The van der Waals surface area contributed by atoms with Gasteiger partial charge in [-0.25, -0.2) is 13.2 Å². The van der Waals surface area contributed by atoms with E-state index in [9.17, 15) is 13.2 Å². The first-order valence-electron chi connectivity index (χ1n) is 7.50. The fourth-order valence-electron chi connectivity index (χ4n) is 2.87. The van der Waals surface area contributed by atoms with Crippen LogP contribution in [0.1, 0.15) is 16.7 Å². The number of fused-ring (bicyclic) bond motifs is 1. The predicted octanol–water partition coefficient (Wildman–Crippen LogP) is 3.51. The highest BCUT2D eigenvalue weighted by atomic mass is 35.5. The normalized spacial score (nSPS) is 11.9. The van der Waals surface area contributed by atoms with Crippen LogP contribution in [0.3, 0.4) is 0 Å². The second kappa shape index (κ2) is 5.93. The average Bonchev–Trinajstić information content (AvgIpc) is 2.77. The molecule has 0 unspecified atom stereocenters. The van der Waals surface area contributed by atoms with Gasteiger partial charge in [0.1, 0.15) is 4.90 Å². The molecule has 1 heterocycles. The van der Waals surface area contributed by atoms with E-state index in [2.05, 4.69) is 4.72 Å². The molecule has 0 spiro atoms. The third kappa shape index (κ3) is 3.05. The Balaban J connectivity index is 2.14. The number of nitrogens with one attached hydrogen (secondary N) is 1. The Morgan fingerprint density at radius 2 is 1.68 bits per heavy atom. The minimum Gasteiger partial charge on any atom is -0.408 e. The molecule has 0 aliphatic heterocycles. The number of sulfonamides is 1. The third-order valence-corrected chi connectivity index (χ3v) is 5.86. The van der Waals surface area contributed by atoms with Gasteiger partial charge in [0.05, 0.1) is 16.2 Å². The molecule has 8 heteroatoms. The molecule has 0 saturated carbocycles. The van der Waals surface area contributed by atoms with E-state index in [0.717, 1.165) is 16.7 Å². The van der Waals surface area contributed by atoms with Gasteiger partial charge in [0, 0.05) is 13.1 Å². The molecule has 1 N–H and O–H groups in total. The van der Waals surface area contributed by atoms with Crippen molar-refractivity contribution in [3.8, 4) is 0 Å². The lowest BCUT2D eigenvalue weighted by Gasteiger charge is -2.15. The summed E-state index contributed by atoms with van der Waals surface area (Å²) in [6, 6.07) is 6.46. The zero-order valence-corrected chi connectivity index (χ0v) is 15.7. The second-order valence-corrected chi connectivity index (χ2v) is 8.11. The molecule has 0 fully saturated rings. The Morgan fingerprint density at radius 3 is 2.28 bits per heavy atom. The number of rotatable bonds is 3. The van der Waals surface area contributed by atoms with Crippen LogP contribution in [0.2, 0.25) is 5.02 Å². The van der Waals surface area contributed by atoms with Crippen molar-refractivity contribution in [2.45, 2.75) is 25.7 Å². The Morgan fingerprint density at radius 1 is 1.08 bits per heavy atom. The molecular formula is C17H17ClN2O4S. The molecule has 0 amide bonds. The average molecular weight is 381 g/mol. The lowest BCUT2D eigenvalue weighted by molar-refractivity contribution is 0.527. The molecule has 132 valence electrons. The molecule has 6 nitrogen and oxygen atoms in total. The fraction of sp³-hybridized carbons (Fsp3) is 0.235. The van der Waals surface area contributed by atoms with Crippen molar-refractivity contribution in [1.29, 1.82) is 0 Å². The van der Waals surface area contributed by atoms with Crippen LogP contribution < -0.4 is 10.5 Å². The monoisotopic (exact) mass is 380 g/mol. The number of nitrogens with zero attached hydrogens (tertiary/aromatic N) is 1. The van der Waals surface area contributed by atoms with Gasteiger partial charge in [-0.15, -0.1) is 0 Å². The maximum atomic E-state index is 12.8. The van der Waals surface area contributed by atoms with Crippen molar-refractivity contribution in [3.05, 3.63) is 56.5 Å². The Hall–Kier alpha value is -2.25. The number of halogens is 1. The zero-order chi connectivity index (χ0) is 18.5. The van der Waals surface area contributed by atoms with E-state index in [1.807, 2.05) is 32.9 Å². The SMILES string of the molecule is Cc1cc(C)c(NS(=O)(=O)c2cc3oc(=O)n(C)c3cc2Cl)c(C)c1. The van der Waals surface area contributed by atoms with Gasteiger partial charge in [-0.2, -0.15) is 0 Å². The van der Waals surface area contributed by atoms with Crippen LogP contribution in [0.25, 0.3) is 11.1 Å². The standard InChI is InChI=1S/C17H17ClN2O4S/c1-9-5-10(2)16(11(3)6-9)19-25(22,23)15-8-14-13(7-12(15)18)20(4)17(21)24-14/h5-8,19H,1-4H3. The molecule has 0 radical (unpaired) electrons. The molecule has 1 aromatic heterocycles. The van der Waals surface area contributed by atoms with E-state index in [4.69, 9.17) is 16.0 Å². The summed E-state index contributed by atoms with van der Waals surface area (Å²) >= 11 is 6.16. The number of benzene rings is 2. The van der Waals surface area contributed by atoms with E-state index >= 15 is 0 Å². The zero-order valence-electron chi connectivity index (χ0n) is 14.2. The smallest absolute Gasteiger partial charge is 0.408 e. The molecule has 25 heavy (non-hydrogen) atoms. The minimum absolute atomic E-state index is 0.0128. The van der Waals surface area contributed by atoms with E-state index in [1.54, 1.807) is 0 Å². The number of oxazole rings is 1. The Kier molecular flexibility index (Phi) is 4.17. The number of hydrogen-bond donors (Lipinski definition) is 1. The molecule has 0 bridgehead atoms. The van der Waals surface area contributed by atoms with Crippen molar-refractivity contribution in [2.24, 2.45) is 7.05 Å². The van der Waals surface area contributed by atoms with Crippen molar-refractivity contribution in [1.82, 2.24) is 4.57 Å². The fourth-order valence-corrected chi connectivity index (χ4v) is 4.61. The van der Waals surface area contributed by atoms with Crippen molar-refractivity contribution in [2.75, 3.05) is 4.72 Å². The lowest BCUT2D eigenvalue weighted by atomic mass is 10.1. The van der Waals surface area contributed by atoms with Gasteiger partial charge in [-0.05, 0) is 38.0 Å². The van der Waals surface area contributed by atoms with Crippen LogP contribution >= 0.6 is 11.6 Å². The lowest BCUT2D eigenvalue weighted by Crippen LogP contribution is -2.15. The van der Waals surface area contributed by atoms with E-state index in [1.165, 1.54) is 23.7 Å². The summed E-state index contributed by atoms with van der Waals surface area (Å²) in [5.41, 5.74) is 3.76. The van der Waals surface area contributed by atoms with Crippen LogP contribution in [-0.2, 0) is 17.1 Å². The van der Waals surface area contributed by atoms with Gasteiger partial charge in [-0.3, -0.25) is 9.29 Å². The molecule has 3 aromatic rings. The third-order valence-electron chi connectivity index (χ3n) is 4.05. The Labute approximate surface area is 150 Å². The largest absolute Gasteiger partial charge is 0.419 e. The van der Waals surface area contributed by atoms with E-state index in [-0.39, 0.29) is 15.5 Å². The first-order valence-corrected chi connectivity index (χ1v) is 9.36. The van der Waals surface area contributed by atoms with Gasteiger partial charge in [-0.1, -0.05) is 29.3 Å². The summed E-state index contributed by atoms with van der Waals surface area (Å²) in [7, 11) is -2.43. The highest BCUT2D eigenvalue weighted by molar-refractivity contribution is 7.92. The van der Waals surface area contributed by atoms with Crippen molar-refractivity contribution in [3.63, 3.8) is 0 Å². The first-order chi connectivity index (χ1) is 11.6. The summed E-state index contributed by atoms with van der Waals surface area (Å²) in [6.45, 7) is 5.61. The van der Waals surface area contributed by atoms with Crippen LogP contribution in [0, 0.1) is 20.8 Å². The molecule has 0 atom stereocenters. The highest BCUT2D eigenvalue weighted by Crippen LogP contribution is 2.30. The highest BCUT2D eigenvalue weighted by Gasteiger charge is 2.22. The summed E-state index contributed by atoms with van der Waals surface area (Å²) in [5.74, 6) is -0.584. The number of aromatic nitrogens is 1. The van der Waals surface area contributed by atoms with Gasteiger partial charge >= 0.3 is 5.76 Å². The van der Waals surface area contributed by atoms with Gasteiger partial charge in [0.2, 0.25) is 0 Å². The summed E-state index contributed by atoms with van der Waals surface area (Å²) in [6.07, 6.45) is 0. The summed E-state index contributed by atoms with van der Waals surface area (Å²) < 4.78 is 34.6. The van der Waals surface area contributed by atoms with Crippen LogP contribution in [0.5, 0.6) is 0 Å². The number of aryl methyl sites for hydroxylation is 4. The van der Waals surface area contributed by atoms with Crippen LogP contribution in [0.15, 0.2) is 38.4 Å². The summed E-state index contributed by atoms with van der Waals surface area (Å²) in [4.78, 5) is 11.5. The topological polar surface area (TPSA) is 81.3 Å². The van der Waals surface area contributed by atoms with Gasteiger partial charge in [0.25, 0.3) is 10.0 Å². The molecule has 0 aliphatic rings. The van der Waals surface area contributed by atoms with E-state index in [0.29, 0.717) is 11.2 Å². The van der Waals surface area contributed by atoms with Gasteiger partial charge < -0.3 is 4.42 Å². The quantitative estimate of drug-likeness (QED) is 0.753. The van der Waals surface area contributed by atoms with Crippen LogP contribution in [0.4, 0.5) is 5.69 Å². The molecule has 0 saturated heterocycles. The second-order valence-electron chi connectivity index (χ2n) is 6.06. The molecular weight excluding hydrogens is 364 g/mol. The van der Waals surface area contributed by atoms with E-state index < -0.39 is 15.8 Å². The maximum absolute atomic E-state index is 12.8. The van der Waals surface area contributed by atoms with Crippen LogP contribution in [-0.4, -0.2) is 13.0 Å².